The second-order valence-corrected chi connectivity index (χ2v) is 14.4. The smallest absolute Gasteiger partial charge is 0.414 e. The molecule has 1 aromatic heterocycles. The van der Waals surface area contributed by atoms with Gasteiger partial charge in [-0.05, 0) is 91.9 Å². The van der Waals surface area contributed by atoms with E-state index < -0.39 is 39.1 Å². The number of nitrogens with one attached hydrogen (secondary N) is 4. The summed E-state index contributed by atoms with van der Waals surface area (Å²) in [7, 11) is -2.51. The fraction of sp³-hybridized carbons (Fsp3) is 0.333. The number of carbonyl (C=O) groups excluding carboxylic acids is 2. The van der Waals surface area contributed by atoms with E-state index in [9.17, 15) is 18.0 Å². The summed E-state index contributed by atoms with van der Waals surface area (Å²) in [6.45, 7) is 6.91. The molecule has 51 heavy (non-hydrogen) atoms. The standard InChI is InChI=1S/C36H41N7O7S/c1-23-7-5-10-31(25(23)3)49-13-14-50-34(45)43-21-36(38-4)19-35(36,20-37)32-29(8-6-9-30(32)43)27-16-40-42(18-27)17-26-15-28(12-11-24(26)2)41-33(44)39-22-51(46,47)48/h5-12,15-16,18,20,37-38H,13-14,17,19,21-22H2,1-4H3,(H2,39,41,44)(H,46,47,48)/t35-,36+/m0/s1. The summed E-state index contributed by atoms with van der Waals surface area (Å²) in [5.74, 6) is -0.156. The minimum absolute atomic E-state index is 0.0676. The lowest BCUT2D eigenvalue weighted by atomic mass is 9.81. The minimum atomic E-state index is -4.36. The average molecular weight is 716 g/mol. The van der Waals surface area contributed by atoms with Crippen LogP contribution in [0.1, 0.15) is 34.2 Å². The van der Waals surface area contributed by atoms with Crippen LogP contribution in [0.5, 0.6) is 5.75 Å². The van der Waals surface area contributed by atoms with Gasteiger partial charge in [0, 0.05) is 30.2 Å². The number of rotatable bonds is 12. The number of aryl methyl sites for hydroxylation is 2. The Morgan fingerprint density at radius 2 is 1.86 bits per heavy atom. The van der Waals surface area contributed by atoms with Crippen LogP contribution in [0.15, 0.2) is 67.0 Å². The molecule has 0 unspecified atom stereocenters. The predicted molar refractivity (Wildman–Crippen MR) is 193 cm³/mol. The molecule has 4 aromatic rings. The molecule has 2 heterocycles. The van der Waals surface area contributed by atoms with Gasteiger partial charge in [-0.3, -0.25) is 14.1 Å². The summed E-state index contributed by atoms with van der Waals surface area (Å²) in [6.07, 6.45) is 5.26. The zero-order valence-corrected chi connectivity index (χ0v) is 29.6. The molecule has 3 amide bonds. The lowest BCUT2D eigenvalue weighted by Gasteiger charge is -2.38. The number of carbonyl (C=O) groups is 2. The molecule has 6 rings (SSSR count). The largest absolute Gasteiger partial charge is 0.490 e. The van der Waals surface area contributed by atoms with Gasteiger partial charge in [0.1, 0.15) is 24.8 Å². The summed E-state index contributed by atoms with van der Waals surface area (Å²) < 4.78 is 44.3. The lowest BCUT2D eigenvalue weighted by Crippen LogP contribution is -2.53. The van der Waals surface area contributed by atoms with Crippen molar-refractivity contribution in [3.05, 3.63) is 94.8 Å². The lowest BCUT2D eigenvalue weighted by molar-refractivity contribution is 0.130. The van der Waals surface area contributed by atoms with Crippen LogP contribution in [0.2, 0.25) is 0 Å². The summed E-state index contributed by atoms with van der Waals surface area (Å²) >= 11 is 0. The van der Waals surface area contributed by atoms with Crippen LogP contribution >= 0.6 is 0 Å². The normalized spacial score (nSPS) is 19.0. The van der Waals surface area contributed by atoms with Crippen LogP contribution in [0.4, 0.5) is 21.0 Å². The zero-order valence-electron chi connectivity index (χ0n) is 28.8. The minimum Gasteiger partial charge on any atom is -0.490 e. The van der Waals surface area contributed by atoms with E-state index in [0.717, 1.165) is 44.7 Å². The van der Waals surface area contributed by atoms with Crippen molar-refractivity contribution in [1.82, 2.24) is 20.4 Å². The number of hydrogen-bond donors (Lipinski definition) is 5. The second kappa shape index (κ2) is 13.8. The van der Waals surface area contributed by atoms with Gasteiger partial charge in [-0.25, -0.2) is 9.59 Å². The van der Waals surface area contributed by atoms with Crippen molar-refractivity contribution in [2.24, 2.45) is 0 Å². The SMILES string of the molecule is CN[C@]12CN(C(=O)OCCOc3cccc(C)c3C)c3cccc(-c4cnn(Cc5cc(NC(=O)NCS(=O)(=O)O)ccc5C)c4)c3[C@@]1(C=N)C2. The number of anilines is 2. The maximum atomic E-state index is 13.6. The first-order valence-electron chi connectivity index (χ1n) is 16.4. The first-order chi connectivity index (χ1) is 24.3. The Balaban J connectivity index is 1.22. The van der Waals surface area contributed by atoms with Crippen molar-refractivity contribution >= 4 is 39.8 Å². The second-order valence-electron chi connectivity index (χ2n) is 13.0. The predicted octanol–water partition coefficient (Wildman–Crippen LogP) is 4.78. The topological polar surface area (TPSA) is 188 Å². The van der Waals surface area contributed by atoms with Crippen LogP contribution in [-0.2, 0) is 26.8 Å². The highest BCUT2D eigenvalue weighted by Crippen LogP contribution is 2.63. The Morgan fingerprint density at radius 3 is 2.61 bits per heavy atom. The van der Waals surface area contributed by atoms with Crippen LogP contribution in [0.3, 0.4) is 0 Å². The molecule has 2 atom stereocenters. The molecule has 3 aromatic carbocycles. The van der Waals surface area contributed by atoms with E-state index >= 15 is 0 Å². The maximum Gasteiger partial charge on any atom is 0.414 e. The monoisotopic (exact) mass is 715 g/mol. The van der Waals surface area contributed by atoms with E-state index in [4.69, 9.17) is 19.4 Å². The van der Waals surface area contributed by atoms with Gasteiger partial charge in [-0.1, -0.05) is 30.3 Å². The van der Waals surface area contributed by atoms with Gasteiger partial charge in [0.05, 0.1) is 29.4 Å². The Morgan fingerprint density at radius 1 is 1.08 bits per heavy atom. The molecule has 0 bridgehead atoms. The number of likely N-dealkylation sites (N-methyl/N-ethyl adjacent to an activating group) is 1. The molecule has 0 spiro atoms. The summed E-state index contributed by atoms with van der Waals surface area (Å²) in [5.41, 5.74) is 6.39. The Labute approximate surface area is 296 Å². The first kappa shape index (κ1) is 35.6. The number of nitrogens with zero attached hydrogens (tertiary/aromatic N) is 3. The molecule has 2 aliphatic rings. The van der Waals surface area contributed by atoms with E-state index in [1.807, 2.05) is 76.5 Å². The van der Waals surface area contributed by atoms with Crippen molar-refractivity contribution in [2.45, 2.75) is 44.7 Å². The summed E-state index contributed by atoms with van der Waals surface area (Å²) in [5, 5.41) is 21.3. The third-order valence-electron chi connectivity index (χ3n) is 9.88. The molecule has 268 valence electrons. The van der Waals surface area contributed by atoms with Crippen molar-refractivity contribution in [1.29, 1.82) is 5.41 Å². The molecule has 0 radical (unpaired) electrons. The van der Waals surface area contributed by atoms with Crippen LogP contribution < -0.4 is 25.6 Å². The van der Waals surface area contributed by atoms with E-state index in [1.54, 1.807) is 27.9 Å². The van der Waals surface area contributed by atoms with Gasteiger partial charge in [0.2, 0.25) is 0 Å². The van der Waals surface area contributed by atoms with Gasteiger partial charge in [0.25, 0.3) is 10.1 Å². The summed E-state index contributed by atoms with van der Waals surface area (Å²) in [4.78, 5) is 27.4. The number of benzene rings is 3. The van der Waals surface area contributed by atoms with Crippen molar-refractivity contribution in [3.8, 4) is 16.9 Å². The Bertz CT molecular complexity index is 2120. The van der Waals surface area contributed by atoms with Crippen molar-refractivity contribution in [3.63, 3.8) is 0 Å². The third-order valence-corrected chi connectivity index (χ3v) is 10.4. The first-order valence-corrected chi connectivity index (χ1v) is 18.0. The zero-order chi connectivity index (χ0) is 36.6. The van der Waals surface area contributed by atoms with Crippen molar-refractivity contribution in [2.75, 3.05) is 42.9 Å². The van der Waals surface area contributed by atoms with E-state index in [1.165, 1.54) is 6.21 Å². The highest BCUT2D eigenvalue weighted by atomic mass is 32.2. The molecule has 0 saturated heterocycles. The molecule has 1 saturated carbocycles. The van der Waals surface area contributed by atoms with Crippen molar-refractivity contribution < 1.29 is 32.0 Å². The number of aromatic nitrogens is 2. The molecule has 1 aliphatic carbocycles. The molecular formula is C36H41N7O7S. The highest BCUT2D eigenvalue weighted by Gasteiger charge is 2.71. The summed E-state index contributed by atoms with van der Waals surface area (Å²) in [6, 6.07) is 16.1. The average Bonchev–Trinajstić information content (AvgIpc) is 3.57. The maximum absolute atomic E-state index is 13.6. The molecule has 1 fully saturated rings. The van der Waals surface area contributed by atoms with Gasteiger partial charge in [-0.2, -0.15) is 13.5 Å². The van der Waals surface area contributed by atoms with E-state index in [-0.39, 0.29) is 13.2 Å². The molecule has 5 N–H and O–H groups in total. The van der Waals surface area contributed by atoms with Gasteiger partial charge < -0.3 is 30.8 Å². The molecular weight excluding hydrogens is 675 g/mol. The fourth-order valence-electron chi connectivity index (χ4n) is 6.86. The van der Waals surface area contributed by atoms with Crippen LogP contribution in [0, 0.1) is 26.2 Å². The highest BCUT2D eigenvalue weighted by molar-refractivity contribution is 7.85. The van der Waals surface area contributed by atoms with Crippen LogP contribution in [0.25, 0.3) is 11.1 Å². The molecule has 1 aliphatic heterocycles. The van der Waals surface area contributed by atoms with Gasteiger partial charge in [0.15, 0.2) is 0 Å². The Kier molecular flexibility index (Phi) is 9.63. The Hall–Kier alpha value is -5.25. The quantitative estimate of drug-likeness (QED) is 0.0782. The molecule has 14 nitrogen and oxygen atoms in total. The van der Waals surface area contributed by atoms with Gasteiger partial charge in [-0.15, -0.1) is 0 Å². The fourth-order valence-corrected chi connectivity index (χ4v) is 7.17. The molecule has 15 heteroatoms. The van der Waals surface area contributed by atoms with E-state index in [2.05, 4.69) is 21.0 Å². The number of hydrogen-bond acceptors (Lipinski definition) is 9. The van der Waals surface area contributed by atoms with Crippen LogP contribution in [-0.4, -0.2) is 79.3 Å². The van der Waals surface area contributed by atoms with Gasteiger partial charge >= 0.3 is 12.1 Å². The number of fused-ring (bicyclic) bond motifs is 3. The van der Waals surface area contributed by atoms with E-state index in [0.29, 0.717) is 30.9 Å². The third kappa shape index (κ3) is 7.04. The number of urea groups is 1. The number of amides is 3. The number of ether oxygens (including phenoxy) is 2.